The first-order valence-electron chi connectivity index (χ1n) is 9.17. The van der Waals surface area contributed by atoms with E-state index in [1.54, 1.807) is 6.07 Å². The van der Waals surface area contributed by atoms with Crippen molar-refractivity contribution in [2.24, 2.45) is 11.7 Å². The van der Waals surface area contributed by atoms with Crippen LogP contribution < -0.4 is 11.1 Å². The van der Waals surface area contributed by atoms with Gasteiger partial charge in [-0.15, -0.1) is 0 Å². The molecule has 1 aliphatic rings. The molecule has 2 heterocycles. The van der Waals surface area contributed by atoms with Gasteiger partial charge in [0.2, 0.25) is 0 Å². The second-order valence-electron chi connectivity index (χ2n) is 7.10. The van der Waals surface area contributed by atoms with Crippen LogP contribution in [0.2, 0.25) is 0 Å². The molecule has 0 radical (unpaired) electrons. The minimum atomic E-state index is -0.545. The van der Waals surface area contributed by atoms with Crippen molar-refractivity contribution in [3.63, 3.8) is 0 Å². The summed E-state index contributed by atoms with van der Waals surface area (Å²) in [6, 6.07) is 11.8. The number of hydrogen-bond donors (Lipinski definition) is 2. The van der Waals surface area contributed by atoms with Crippen LogP contribution >= 0.6 is 0 Å². The number of nitrogens with zero attached hydrogens (tertiary/aromatic N) is 2. The van der Waals surface area contributed by atoms with Crippen molar-refractivity contribution in [1.82, 2.24) is 15.1 Å². The normalized spacial score (nSPS) is 18.1. The molecule has 1 aromatic carbocycles. The molecule has 7 nitrogen and oxygen atoms in total. The average Bonchev–Trinajstić information content (AvgIpc) is 3.05. The molecule has 0 aliphatic carbocycles. The minimum absolute atomic E-state index is 0.125. The maximum absolute atomic E-state index is 12.5. The van der Waals surface area contributed by atoms with Gasteiger partial charge in [0.25, 0.3) is 5.91 Å². The van der Waals surface area contributed by atoms with Crippen LogP contribution in [0.15, 0.2) is 47.1 Å². The zero-order chi connectivity index (χ0) is 19.2. The Bertz CT molecular complexity index is 775. The smallest absolute Gasteiger partial charge is 0.317 e. The monoisotopic (exact) mass is 370 g/mol. The summed E-state index contributed by atoms with van der Waals surface area (Å²) in [4.78, 5) is 27.9. The fraction of sp³-hybridized carbons (Fsp3) is 0.400. The van der Waals surface area contributed by atoms with E-state index in [-0.39, 0.29) is 12.6 Å². The number of nitrogens with two attached hydrogens (primary N) is 1. The Labute approximate surface area is 159 Å². The van der Waals surface area contributed by atoms with Crippen molar-refractivity contribution < 1.29 is 14.0 Å². The Morgan fingerprint density at radius 2 is 2.00 bits per heavy atom. The zero-order valence-corrected chi connectivity index (χ0v) is 15.6. The highest BCUT2D eigenvalue weighted by molar-refractivity contribution is 5.92. The fourth-order valence-corrected chi connectivity index (χ4v) is 3.37. The average molecular weight is 370 g/mol. The van der Waals surface area contributed by atoms with E-state index < -0.39 is 5.91 Å². The predicted molar refractivity (Wildman–Crippen MR) is 102 cm³/mol. The second kappa shape index (κ2) is 8.73. The maximum Gasteiger partial charge on any atom is 0.317 e. The van der Waals surface area contributed by atoms with Crippen LogP contribution in [0.3, 0.4) is 0 Å². The standard InChI is InChI=1S/C20H26N4O3/c1-15-11-23(13-16-5-3-2-4-6-16)7-8-24(12-15)20(26)22-10-18-9-17(14-27-18)19(21)25/h2-6,9,14-15H,7-8,10-13H2,1H3,(H2,21,25)(H,22,26). The second-order valence-corrected chi connectivity index (χ2v) is 7.10. The number of primary amides is 1. The van der Waals surface area contributed by atoms with Crippen LogP contribution in [0, 0.1) is 5.92 Å². The van der Waals surface area contributed by atoms with Crippen molar-refractivity contribution in [3.05, 3.63) is 59.5 Å². The molecular weight excluding hydrogens is 344 g/mol. The third-order valence-electron chi connectivity index (χ3n) is 4.68. The highest BCUT2D eigenvalue weighted by Crippen LogP contribution is 2.13. The first kappa shape index (κ1) is 19.0. The van der Waals surface area contributed by atoms with Gasteiger partial charge in [-0.05, 0) is 17.5 Å². The van der Waals surface area contributed by atoms with Crippen molar-refractivity contribution in [2.45, 2.75) is 20.0 Å². The Hall–Kier alpha value is -2.80. The van der Waals surface area contributed by atoms with Crippen molar-refractivity contribution in [2.75, 3.05) is 26.2 Å². The molecule has 1 fully saturated rings. The number of carbonyl (C=O) groups excluding carboxylic acids is 2. The molecule has 0 saturated carbocycles. The third-order valence-corrected chi connectivity index (χ3v) is 4.68. The molecular formula is C20H26N4O3. The SMILES string of the molecule is CC1CN(Cc2ccccc2)CCN(C(=O)NCc2cc(C(N)=O)co2)C1. The van der Waals surface area contributed by atoms with Crippen LogP contribution in [0.1, 0.15) is 28.6 Å². The fourth-order valence-electron chi connectivity index (χ4n) is 3.37. The molecule has 27 heavy (non-hydrogen) atoms. The quantitative estimate of drug-likeness (QED) is 0.842. The van der Waals surface area contributed by atoms with Gasteiger partial charge in [-0.1, -0.05) is 37.3 Å². The molecule has 144 valence electrons. The van der Waals surface area contributed by atoms with Gasteiger partial charge in [-0.25, -0.2) is 4.79 Å². The molecule has 1 aliphatic heterocycles. The number of furan rings is 1. The Kier molecular flexibility index (Phi) is 6.13. The van der Waals surface area contributed by atoms with E-state index in [4.69, 9.17) is 10.2 Å². The number of benzene rings is 1. The van der Waals surface area contributed by atoms with Gasteiger partial charge in [0.05, 0.1) is 12.1 Å². The molecule has 3 amide bonds. The van der Waals surface area contributed by atoms with Crippen LogP contribution in [0.4, 0.5) is 4.79 Å². The number of amides is 3. The van der Waals surface area contributed by atoms with E-state index in [1.165, 1.54) is 11.8 Å². The molecule has 1 aromatic heterocycles. The van der Waals surface area contributed by atoms with Crippen LogP contribution in [-0.2, 0) is 13.1 Å². The lowest BCUT2D eigenvalue weighted by Crippen LogP contribution is -2.42. The first-order valence-corrected chi connectivity index (χ1v) is 9.17. The highest BCUT2D eigenvalue weighted by atomic mass is 16.3. The molecule has 1 saturated heterocycles. The lowest BCUT2D eigenvalue weighted by atomic mass is 10.1. The Balaban J connectivity index is 1.52. The third kappa shape index (κ3) is 5.34. The zero-order valence-electron chi connectivity index (χ0n) is 15.6. The van der Waals surface area contributed by atoms with Crippen molar-refractivity contribution >= 4 is 11.9 Å². The largest absolute Gasteiger partial charge is 0.467 e. The minimum Gasteiger partial charge on any atom is -0.467 e. The maximum atomic E-state index is 12.5. The van der Waals surface area contributed by atoms with Crippen LogP contribution in [0.25, 0.3) is 0 Å². The van der Waals surface area contributed by atoms with Gasteiger partial charge in [-0.2, -0.15) is 0 Å². The summed E-state index contributed by atoms with van der Waals surface area (Å²) in [6.07, 6.45) is 1.30. The van der Waals surface area contributed by atoms with Gasteiger partial charge < -0.3 is 20.4 Å². The lowest BCUT2D eigenvalue weighted by Gasteiger charge is -2.22. The molecule has 7 heteroatoms. The van der Waals surface area contributed by atoms with E-state index in [1.807, 2.05) is 11.0 Å². The van der Waals surface area contributed by atoms with E-state index in [0.29, 0.717) is 30.3 Å². The lowest BCUT2D eigenvalue weighted by molar-refractivity contribution is 0.0999. The summed E-state index contributed by atoms with van der Waals surface area (Å²) in [5.74, 6) is 0.342. The van der Waals surface area contributed by atoms with E-state index in [2.05, 4.69) is 41.4 Å². The molecule has 3 rings (SSSR count). The molecule has 3 N–H and O–H groups in total. The number of carbonyl (C=O) groups is 2. The van der Waals surface area contributed by atoms with Crippen LogP contribution in [-0.4, -0.2) is 47.9 Å². The first-order chi connectivity index (χ1) is 13.0. The Morgan fingerprint density at radius 3 is 2.70 bits per heavy atom. The van der Waals surface area contributed by atoms with Crippen molar-refractivity contribution in [1.29, 1.82) is 0 Å². The van der Waals surface area contributed by atoms with Gasteiger partial charge in [0, 0.05) is 32.7 Å². The molecule has 0 spiro atoms. The van der Waals surface area contributed by atoms with Gasteiger partial charge >= 0.3 is 6.03 Å². The van der Waals surface area contributed by atoms with E-state index >= 15 is 0 Å². The van der Waals surface area contributed by atoms with E-state index in [0.717, 1.165) is 19.6 Å². The number of hydrogen-bond acceptors (Lipinski definition) is 4. The molecule has 1 unspecified atom stereocenters. The summed E-state index contributed by atoms with van der Waals surface area (Å²) < 4.78 is 5.25. The number of urea groups is 1. The summed E-state index contributed by atoms with van der Waals surface area (Å²) in [7, 11) is 0. The Morgan fingerprint density at radius 1 is 1.22 bits per heavy atom. The molecule has 2 aromatic rings. The summed E-state index contributed by atoms with van der Waals surface area (Å²) in [6.45, 7) is 6.45. The van der Waals surface area contributed by atoms with E-state index in [9.17, 15) is 9.59 Å². The number of rotatable bonds is 5. The summed E-state index contributed by atoms with van der Waals surface area (Å²) in [5, 5.41) is 2.86. The van der Waals surface area contributed by atoms with Gasteiger partial charge in [0.1, 0.15) is 12.0 Å². The van der Waals surface area contributed by atoms with Gasteiger partial charge in [0.15, 0.2) is 0 Å². The summed E-state index contributed by atoms with van der Waals surface area (Å²) in [5.41, 5.74) is 6.79. The van der Waals surface area contributed by atoms with Crippen LogP contribution in [0.5, 0.6) is 0 Å². The van der Waals surface area contributed by atoms with Crippen molar-refractivity contribution in [3.8, 4) is 0 Å². The van der Waals surface area contributed by atoms with Gasteiger partial charge in [-0.3, -0.25) is 9.69 Å². The molecule has 1 atom stereocenters. The highest BCUT2D eigenvalue weighted by Gasteiger charge is 2.23. The predicted octanol–water partition coefficient (Wildman–Crippen LogP) is 2.04. The topological polar surface area (TPSA) is 91.8 Å². The molecule has 0 bridgehead atoms. The summed E-state index contributed by atoms with van der Waals surface area (Å²) >= 11 is 0. The number of nitrogens with one attached hydrogen (secondary N) is 1.